The van der Waals surface area contributed by atoms with Gasteiger partial charge in [0.15, 0.2) is 5.76 Å². The number of hydrogen-bond donors (Lipinski definition) is 0. The molecule has 2 aromatic heterocycles. The fraction of sp³-hybridized carbons (Fsp3) is 0.500. The van der Waals surface area contributed by atoms with Gasteiger partial charge in [-0.3, -0.25) is 9.48 Å². The van der Waals surface area contributed by atoms with E-state index in [4.69, 9.17) is 4.42 Å². The van der Waals surface area contributed by atoms with Crippen LogP contribution in [0.25, 0.3) is 0 Å². The smallest absolute Gasteiger partial charge is 0.290 e. The topological polar surface area (TPSA) is 51.3 Å². The number of likely N-dealkylation sites (tertiary alicyclic amines) is 1. The fourth-order valence-electron chi connectivity index (χ4n) is 3.10. The highest BCUT2D eigenvalue weighted by Crippen LogP contribution is 2.28. The molecule has 0 unspecified atom stereocenters. The maximum atomic E-state index is 12.7. The number of aromatic nitrogens is 2. The summed E-state index contributed by atoms with van der Waals surface area (Å²) in [5.41, 5.74) is 0. The van der Waals surface area contributed by atoms with Crippen LogP contribution in [0.3, 0.4) is 0 Å². The Morgan fingerprint density at radius 3 is 3.00 bits per heavy atom. The second kappa shape index (κ2) is 5.76. The van der Waals surface area contributed by atoms with Gasteiger partial charge >= 0.3 is 0 Å². The molecule has 5 nitrogen and oxygen atoms in total. The van der Waals surface area contributed by atoms with Gasteiger partial charge in [0.2, 0.25) is 0 Å². The summed E-state index contributed by atoms with van der Waals surface area (Å²) in [6, 6.07) is 6.14. The number of furan rings is 1. The summed E-state index contributed by atoms with van der Waals surface area (Å²) in [6.07, 6.45) is 6.76. The number of nitrogens with zero attached hydrogens (tertiary/aromatic N) is 3. The van der Waals surface area contributed by atoms with Crippen LogP contribution in [-0.2, 0) is 6.54 Å². The lowest BCUT2D eigenvalue weighted by molar-refractivity contribution is 0.0641. The van der Waals surface area contributed by atoms with Crippen LogP contribution in [0.15, 0.2) is 35.0 Å². The molecule has 0 aromatic carbocycles. The average molecular weight is 287 g/mol. The zero-order valence-electron chi connectivity index (χ0n) is 12.5. The summed E-state index contributed by atoms with van der Waals surface area (Å²) in [4.78, 5) is 14.6. The average Bonchev–Trinajstić information content (AvgIpc) is 3.19. The minimum atomic E-state index is 0.0126. The van der Waals surface area contributed by atoms with Crippen molar-refractivity contribution in [1.29, 1.82) is 0 Å². The minimum absolute atomic E-state index is 0.0126. The second-order valence-electron chi connectivity index (χ2n) is 5.67. The van der Waals surface area contributed by atoms with Crippen molar-refractivity contribution in [1.82, 2.24) is 14.7 Å². The molecular weight excluding hydrogens is 266 g/mol. The number of carbonyl (C=O) groups excluding carboxylic acids is 1. The molecule has 1 saturated heterocycles. The van der Waals surface area contributed by atoms with Crippen LogP contribution in [-0.4, -0.2) is 32.7 Å². The van der Waals surface area contributed by atoms with Gasteiger partial charge in [0, 0.05) is 24.5 Å². The summed E-state index contributed by atoms with van der Waals surface area (Å²) >= 11 is 0. The molecule has 0 bridgehead atoms. The Balaban J connectivity index is 1.74. The van der Waals surface area contributed by atoms with E-state index in [9.17, 15) is 4.79 Å². The fourth-order valence-corrected chi connectivity index (χ4v) is 3.10. The molecule has 21 heavy (non-hydrogen) atoms. The van der Waals surface area contributed by atoms with Gasteiger partial charge in [0.1, 0.15) is 5.76 Å². The maximum Gasteiger partial charge on any atom is 0.290 e. The van der Waals surface area contributed by atoms with E-state index < -0.39 is 0 Å². The predicted octanol–water partition coefficient (Wildman–Crippen LogP) is 2.93. The van der Waals surface area contributed by atoms with Crippen LogP contribution < -0.4 is 0 Å². The van der Waals surface area contributed by atoms with Crippen LogP contribution in [0, 0.1) is 0 Å². The van der Waals surface area contributed by atoms with Gasteiger partial charge in [0.05, 0.1) is 6.54 Å². The maximum absolute atomic E-state index is 12.7. The van der Waals surface area contributed by atoms with Crippen molar-refractivity contribution in [3.63, 3.8) is 0 Å². The molecule has 0 saturated carbocycles. The quantitative estimate of drug-likeness (QED) is 0.868. The standard InChI is InChI=1S/C16H21N3O2/c1-3-13-6-5-12(2)19(13)16(20)15-8-7-14(21-15)11-18-10-4-9-17-18/h4,7-10,12-13H,3,5-6,11H2,1-2H3/t12-,13+/m0/s1. The van der Waals surface area contributed by atoms with Crippen molar-refractivity contribution < 1.29 is 9.21 Å². The molecular formula is C16H21N3O2. The van der Waals surface area contributed by atoms with Gasteiger partial charge in [0.25, 0.3) is 5.91 Å². The summed E-state index contributed by atoms with van der Waals surface area (Å²) < 4.78 is 7.50. The van der Waals surface area contributed by atoms with Crippen molar-refractivity contribution in [2.24, 2.45) is 0 Å². The zero-order chi connectivity index (χ0) is 14.8. The third-order valence-electron chi connectivity index (χ3n) is 4.24. The number of rotatable bonds is 4. The van der Waals surface area contributed by atoms with Crippen LogP contribution in [0.1, 0.15) is 49.4 Å². The van der Waals surface area contributed by atoms with Gasteiger partial charge in [-0.15, -0.1) is 0 Å². The van der Waals surface area contributed by atoms with E-state index in [1.807, 2.05) is 23.2 Å². The lowest BCUT2D eigenvalue weighted by Gasteiger charge is -2.26. The lowest BCUT2D eigenvalue weighted by Crippen LogP contribution is -2.39. The molecule has 1 amide bonds. The lowest BCUT2D eigenvalue weighted by atomic mass is 10.1. The molecule has 112 valence electrons. The number of amides is 1. The first-order valence-corrected chi connectivity index (χ1v) is 7.58. The van der Waals surface area contributed by atoms with Crippen molar-refractivity contribution in [2.45, 2.75) is 51.7 Å². The normalized spacial score (nSPS) is 21.9. The Morgan fingerprint density at radius 2 is 2.29 bits per heavy atom. The van der Waals surface area contributed by atoms with E-state index in [0.717, 1.165) is 25.0 Å². The van der Waals surface area contributed by atoms with Gasteiger partial charge in [-0.05, 0) is 44.4 Å². The highest BCUT2D eigenvalue weighted by molar-refractivity contribution is 5.92. The number of hydrogen-bond acceptors (Lipinski definition) is 3. The molecule has 2 aromatic rings. The van der Waals surface area contributed by atoms with Gasteiger partial charge in [-0.2, -0.15) is 5.10 Å². The zero-order valence-corrected chi connectivity index (χ0v) is 12.5. The third kappa shape index (κ3) is 2.73. The van der Waals surface area contributed by atoms with Crippen LogP contribution >= 0.6 is 0 Å². The van der Waals surface area contributed by atoms with Crippen molar-refractivity contribution >= 4 is 5.91 Å². The molecule has 1 aliphatic heterocycles. The first-order valence-electron chi connectivity index (χ1n) is 7.58. The van der Waals surface area contributed by atoms with Crippen LogP contribution in [0.2, 0.25) is 0 Å². The monoisotopic (exact) mass is 287 g/mol. The highest BCUT2D eigenvalue weighted by atomic mass is 16.4. The Hall–Kier alpha value is -2.04. The van der Waals surface area contributed by atoms with E-state index >= 15 is 0 Å². The SMILES string of the molecule is CC[C@@H]1CC[C@H](C)N1C(=O)c1ccc(Cn2cccn2)o1. The van der Waals surface area contributed by atoms with Crippen LogP contribution in [0.5, 0.6) is 0 Å². The van der Waals surface area contributed by atoms with Crippen molar-refractivity contribution in [3.8, 4) is 0 Å². The van der Waals surface area contributed by atoms with Gasteiger partial charge in [-0.1, -0.05) is 6.92 Å². The molecule has 0 radical (unpaired) electrons. The first kappa shape index (κ1) is 13.9. The molecule has 0 aliphatic carbocycles. The Kier molecular flexibility index (Phi) is 3.82. The second-order valence-corrected chi connectivity index (χ2v) is 5.67. The largest absolute Gasteiger partial charge is 0.454 e. The summed E-state index contributed by atoms with van der Waals surface area (Å²) in [7, 11) is 0. The number of carbonyl (C=O) groups is 1. The first-order chi connectivity index (χ1) is 10.2. The highest BCUT2D eigenvalue weighted by Gasteiger charge is 2.34. The summed E-state index contributed by atoms with van der Waals surface area (Å²) in [5, 5.41) is 4.14. The van der Waals surface area contributed by atoms with E-state index in [2.05, 4.69) is 18.9 Å². The summed E-state index contributed by atoms with van der Waals surface area (Å²) in [5.74, 6) is 1.20. The molecule has 3 rings (SSSR count). The van der Waals surface area contributed by atoms with Crippen molar-refractivity contribution in [3.05, 3.63) is 42.1 Å². The summed E-state index contributed by atoms with van der Waals surface area (Å²) in [6.45, 7) is 4.79. The Bertz CT molecular complexity index is 603. The van der Waals surface area contributed by atoms with Crippen LogP contribution in [0.4, 0.5) is 0 Å². The molecule has 0 N–H and O–H groups in total. The molecule has 1 fully saturated rings. The van der Waals surface area contributed by atoms with E-state index in [-0.39, 0.29) is 5.91 Å². The van der Waals surface area contributed by atoms with E-state index in [0.29, 0.717) is 24.4 Å². The molecule has 1 aliphatic rings. The minimum Gasteiger partial charge on any atom is -0.454 e. The van der Waals surface area contributed by atoms with Gasteiger partial charge in [-0.25, -0.2) is 0 Å². The molecule has 3 heterocycles. The Morgan fingerprint density at radius 1 is 1.43 bits per heavy atom. The van der Waals surface area contributed by atoms with Gasteiger partial charge < -0.3 is 9.32 Å². The van der Waals surface area contributed by atoms with E-state index in [1.165, 1.54) is 0 Å². The predicted molar refractivity (Wildman–Crippen MR) is 79.0 cm³/mol. The molecule has 5 heteroatoms. The Labute approximate surface area is 124 Å². The molecule has 0 spiro atoms. The third-order valence-corrected chi connectivity index (χ3v) is 4.24. The molecule has 2 atom stereocenters. The van der Waals surface area contributed by atoms with Crippen molar-refractivity contribution in [2.75, 3.05) is 0 Å². The van der Waals surface area contributed by atoms with E-state index in [1.54, 1.807) is 16.9 Å².